The summed E-state index contributed by atoms with van der Waals surface area (Å²) in [5.74, 6) is -2.78. The Morgan fingerprint density at radius 3 is 2.65 bits per heavy atom. The predicted octanol–water partition coefficient (Wildman–Crippen LogP) is 2.19. The summed E-state index contributed by atoms with van der Waals surface area (Å²) < 4.78 is 27.3. The van der Waals surface area contributed by atoms with Crippen LogP contribution in [-0.4, -0.2) is 11.8 Å². The third kappa shape index (κ3) is 2.78. The highest BCUT2D eigenvalue weighted by molar-refractivity contribution is 5.27. The van der Waals surface area contributed by atoms with E-state index in [4.69, 9.17) is 5.73 Å². The van der Waals surface area contributed by atoms with Gasteiger partial charge in [0.15, 0.2) is 5.79 Å². The quantitative estimate of drug-likeness (QED) is 0.789. The van der Waals surface area contributed by atoms with Gasteiger partial charge in [-0.1, -0.05) is 36.4 Å². The predicted molar refractivity (Wildman–Crippen MR) is 63.4 cm³/mol. The molecule has 0 aliphatic heterocycles. The van der Waals surface area contributed by atoms with Crippen LogP contribution in [0.5, 0.6) is 0 Å². The zero-order valence-electron chi connectivity index (χ0n) is 9.24. The van der Waals surface area contributed by atoms with E-state index in [-0.39, 0.29) is 0 Å². The van der Waals surface area contributed by atoms with E-state index in [2.05, 4.69) is 5.32 Å². The van der Waals surface area contributed by atoms with E-state index in [0.29, 0.717) is 6.54 Å². The van der Waals surface area contributed by atoms with Crippen LogP contribution in [0.1, 0.15) is 5.56 Å². The van der Waals surface area contributed by atoms with E-state index < -0.39 is 17.7 Å². The molecular formula is C13H14F2N2. The van der Waals surface area contributed by atoms with Crippen LogP contribution in [0.25, 0.3) is 0 Å². The minimum Gasteiger partial charge on any atom is -0.300 e. The SMILES string of the molecule is NC1(F)C=CC=C(F)C1NCc1ccccc1. The van der Waals surface area contributed by atoms with Crippen LogP contribution in [0.2, 0.25) is 0 Å². The molecular weight excluding hydrogens is 222 g/mol. The Labute approximate surface area is 98.8 Å². The minimum absolute atomic E-state index is 0.365. The first-order valence-corrected chi connectivity index (χ1v) is 5.39. The fraction of sp³-hybridized carbons (Fsp3) is 0.231. The van der Waals surface area contributed by atoms with Crippen molar-refractivity contribution in [3.63, 3.8) is 0 Å². The highest BCUT2D eigenvalue weighted by Crippen LogP contribution is 2.24. The van der Waals surface area contributed by atoms with Crippen LogP contribution in [0.3, 0.4) is 0 Å². The largest absolute Gasteiger partial charge is 0.300 e. The van der Waals surface area contributed by atoms with Crippen LogP contribution in [-0.2, 0) is 6.54 Å². The smallest absolute Gasteiger partial charge is 0.200 e. The molecule has 0 saturated carbocycles. The lowest BCUT2D eigenvalue weighted by Crippen LogP contribution is -2.53. The molecule has 0 radical (unpaired) electrons. The summed E-state index contributed by atoms with van der Waals surface area (Å²) in [5.41, 5.74) is 6.33. The van der Waals surface area contributed by atoms with Gasteiger partial charge >= 0.3 is 0 Å². The molecule has 0 heterocycles. The summed E-state index contributed by atoms with van der Waals surface area (Å²) in [4.78, 5) is 0. The van der Waals surface area contributed by atoms with Gasteiger partial charge in [0.05, 0.1) is 0 Å². The topological polar surface area (TPSA) is 38.0 Å². The molecule has 17 heavy (non-hydrogen) atoms. The van der Waals surface area contributed by atoms with Crippen molar-refractivity contribution < 1.29 is 8.78 Å². The number of nitrogens with two attached hydrogens (primary N) is 1. The Morgan fingerprint density at radius 1 is 1.29 bits per heavy atom. The van der Waals surface area contributed by atoms with Crippen LogP contribution in [0.15, 0.2) is 54.4 Å². The van der Waals surface area contributed by atoms with Crippen molar-refractivity contribution in [1.29, 1.82) is 0 Å². The molecule has 3 N–H and O–H groups in total. The van der Waals surface area contributed by atoms with Crippen LogP contribution in [0.4, 0.5) is 8.78 Å². The molecule has 0 saturated heterocycles. The van der Waals surface area contributed by atoms with Gasteiger partial charge < -0.3 is 0 Å². The lowest BCUT2D eigenvalue weighted by atomic mass is 9.99. The first-order chi connectivity index (χ1) is 8.09. The van der Waals surface area contributed by atoms with Gasteiger partial charge in [-0.3, -0.25) is 11.1 Å². The summed E-state index contributed by atoms with van der Waals surface area (Å²) in [6, 6.07) is 8.25. The van der Waals surface area contributed by atoms with Crippen molar-refractivity contribution in [2.24, 2.45) is 5.73 Å². The maximum absolute atomic E-state index is 13.8. The molecule has 0 spiro atoms. The first kappa shape index (κ1) is 12.0. The summed E-state index contributed by atoms with van der Waals surface area (Å²) in [6.45, 7) is 0.365. The maximum atomic E-state index is 13.8. The van der Waals surface area contributed by atoms with Gasteiger partial charge in [-0.2, -0.15) is 0 Å². The Bertz CT molecular complexity index is 438. The number of alkyl halides is 1. The highest BCUT2D eigenvalue weighted by Gasteiger charge is 2.37. The van der Waals surface area contributed by atoms with Crippen molar-refractivity contribution in [3.05, 3.63) is 60.0 Å². The van der Waals surface area contributed by atoms with E-state index in [0.717, 1.165) is 11.6 Å². The highest BCUT2D eigenvalue weighted by atomic mass is 19.2. The second-order valence-corrected chi connectivity index (χ2v) is 4.04. The minimum atomic E-state index is -2.19. The molecule has 2 atom stereocenters. The van der Waals surface area contributed by atoms with Crippen molar-refractivity contribution >= 4 is 0 Å². The van der Waals surface area contributed by atoms with Gasteiger partial charge in [0.2, 0.25) is 0 Å². The van der Waals surface area contributed by atoms with Crippen molar-refractivity contribution in [1.82, 2.24) is 5.32 Å². The van der Waals surface area contributed by atoms with E-state index >= 15 is 0 Å². The lowest BCUT2D eigenvalue weighted by molar-refractivity contribution is 0.168. The summed E-state index contributed by atoms with van der Waals surface area (Å²) in [5, 5.41) is 2.78. The Morgan fingerprint density at radius 2 is 2.00 bits per heavy atom. The lowest BCUT2D eigenvalue weighted by Gasteiger charge is -2.29. The number of nitrogens with one attached hydrogen (secondary N) is 1. The third-order valence-corrected chi connectivity index (χ3v) is 2.68. The van der Waals surface area contributed by atoms with Crippen molar-refractivity contribution in [2.75, 3.05) is 0 Å². The molecule has 1 aromatic rings. The van der Waals surface area contributed by atoms with Crippen LogP contribution in [0, 0.1) is 0 Å². The molecule has 90 valence electrons. The second kappa shape index (κ2) is 4.77. The van der Waals surface area contributed by atoms with E-state index in [1.54, 1.807) is 0 Å². The van der Waals surface area contributed by atoms with Crippen molar-refractivity contribution in [2.45, 2.75) is 18.4 Å². The number of halogens is 2. The number of allylic oxidation sites excluding steroid dienone is 2. The fourth-order valence-electron chi connectivity index (χ4n) is 1.76. The number of rotatable bonds is 3. The van der Waals surface area contributed by atoms with Gasteiger partial charge in [0.25, 0.3) is 0 Å². The number of hydrogen-bond acceptors (Lipinski definition) is 2. The molecule has 1 aliphatic carbocycles. The zero-order chi connectivity index (χ0) is 12.3. The summed E-state index contributed by atoms with van der Waals surface area (Å²) in [7, 11) is 0. The third-order valence-electron chi connectivity index (χ3n) is 2.68. The van der Waals surface area contributed by atoms with Crippen molar-refractivity contribution in [3.8, 4) is 0 Å². The monoisotopic (exact) mass is 236 g/mol. The second-order valence-electron chi connectivity index (χ2n) is 4.04. The van der Waals surface area contributed by atoms with E-state index in [1.165, 1.54) is 12.2 Å². The van der Waals surface area contributed by atoms with Gasteiger partial charge in [0.1, 0.15) is 11.9 Å². The number of benzene rings is 1. The maximum Gasteiger partial charge on any atom is 0.200 e. The molecule has 0 amide bonds. The Balaban J connectivity index is 2.04. The summed E-state index contributed by atoms with van der Waals surface area (Å²) >= 11 is 0. The standard InChI is InChI=1S/C13H14F2N2/c14-11-7-4-8-13(15,16)12(11)17-9-10-5-2-1-3-6-10/h1-8,12,17H,9,16H2. The van der Waals surface area contributed by atoms with E-state index in [9.17, 15) is 8.78 Å². The average Bonchev–Trinajstić information content (AvgIpc) is 2.29. The molecule has 2 unspecified atom stereocenters. The van der Waals surface area contributed by atoms with E-state index in [1.807, 2.05) is 30.3 Å². The normalized spacial score (nSPS) is 27.9. The number of hydrogen-bond donors (Lipinski definition) is 2. The zero-order valence-corrected chi connectivity index (χ0v) is 9.24. The van der Waals surface area contributed by atoms with Gasteiger partial charge in [-0.05, 0) is 17.7 Å². The van der Waals surface area contributed by atoms with Gasteiger partial charge in [-0.25, -0.2) is 8.78 Å². The van der Waals surface area contributed by atoms with Crippen LogP contribution >= 0.6 is 0 Å². The molecule has 0 fully saturated rings. The molecule has 1 aromatic carbocycles. The molecule has 1 aliphatic rings. The molecule has 2 rings (SSSR count). The molecule has 4 heteroatoms. The molecule has 0 bridgehead atoms. The fourth-order valence-corrected chi connectivity index (χ4v) is 1.76. The first-order valence-electron chi connectivity index (χ1n) is 5.39. The Kier molecular flexibility index (Phi) is 3.36. The van der Waals surface area contributed by atoms with Crippen LogP contribution < -0.4 is 11.1 Å². The average molecular weight is 236 g/mol. The summed E-state index contributed by atoms with van der Waals surface area (Å²) in [6.07, 6.45) is 3.65. The Hall–Kier alpha value is -1.52. The van der Waals surface area contributed by atoms with Gasteiger partial charge in [0, 0.05) is 6.54 Å². The van der Waals surface area contributed by atoms with Gasteiger partial charge in [-0.15, -0.1) is 0 Å². The molecule has 0 aromatic heterocycles. The molecule has 2 nitrogen and oxygen atoms in total.